The standard InChI is InChI=1S/C27H34N4O5/c1-5-30(4)26(34)29-25(31(19-32)17-21-9-7-20(3)8-10-21)28-22-11-13-23(14-12-22)36-18-27(15-16-27)24(33)35-6-2/h7-14,19H,5-6,15-18H2,1-4H3,(H,28,29,34). The van der Waals surface area contributed by atoms with E-state index in [-0.39, 0.29) is 31.1 Å². The van der Waals surface area contributed by atoms with Gasteiger partial charge in [0.1, 0.15) is 17.8 Å². The minimum absolute atomic E-state index is 0.115. The molecular weight excluding hydrogens is 460 g/mol. The Morgan fingerprint density at radius 3 is 2.31 bits per heavy atom. The Morgan fingerprint density at radius 1 is 1.08 bits per heavy atom. The van der Waals surface area contributed by atoms with Gasteiger partial charge in [-0.05, 0) is 63.4 Å². The third-order valence-corrected chi connectivity index (χ3v) is 6.06. The summed E-state index contributed by atoms with van der Waals surface area (Å²) in [6.07, 6.45) is 2.16. The fourth-order valence-corrected chi connectivity index (χ4v) is 3.35. The van der Waals surface area contributed by atoms with Crippen molar-refractivity contribution in [2.24, 2.45) is 10.4 Å². The van der Waals surface area contributed by atoms with Gasteiger partial charge < -0.3 is 14.4 Å². The number of aryl methyl sites for hydroxylation is 1. The number of nitrogens with one attached hydrogen (secondary N) is 1. The van der Waals surface area contributed by atoms with Gasteiger partial charge in [-0.3, -0.25) is 19.8 Å². The van der Waals surface area contributed by atoms with E-state index in [0.29, 0.717) is 31.0 Å². The van der Waals surface area contributed by atoms with Crippen LogP contribution in [0.3, 0.4) is 0 Å². The second-order valence-corrected chi connectivity index (χ2v) is 8.88. The lowest BCUT2D eigenvalue weighted by molar-refractivity contribution is -0.150. The minimum Gasteiger partial charge on any atom is -0.492 e. The summed E-state index contributed by atoms with van der Waals surface area (Å²) in [7, 11) is 1.66. The van der Waals surface area contributed by atoms with Gasteiger partial charge in [0.15, 0.2) is 0 Å². The molecule has 9 heteroatoms. The molecule has 9 nitrogen and oxygen atoms in total. The summed E-state index contributed by atoms with van der Waals surface area (Å²) >= 11 is 0. The van der Waals surface area contributed by atoms with Crippen molar-refractivity contribution in [3.63, 3.8) is 0 Å². The summed E-state index contributed by atoms with van der Waals surface area (Å²) in [5.74, 6) is 0.489. The average Bonchev–Trinajstić information content (AvgIpc) is 3.68. The highest BCUT2D eigenvalue weighted by atomic mass is 16.5. The number of aliphatic imine (C=N–C) groups is 1. The zero-order chi connectivity index (χ0) is 26.1. The molecule has 3 amide bonds. The molecule has 0 saturated heterocycles. The molecule has 0 aromatic heterocycles. The smallest absolute Gasteiger partial charge is 0.323 e. The molecule has 0 bridgehead atoms. The van der Waals surface area contributed by atoms with Crippen molar-refractivity contribution in [1.29, 1.82) is 0 Å². The van der Waals surface area contributed by atoms with E-state index in [4.69, 9.17) is 9.47 Å². The van der Waals surface area contributed by atoms with Crippen LogP contribution in [0.2, 0.25) is 0 Å². The van der Waals surface area contributed by atoms with Crippen molar-refractivity contribution in [1.82, 2.24) is 15.1 Å². The largest absolute Gasteiger partial charge is 0.492 e. The Balaban J connectivity index is 1.76. The van der Waals surface area contributed by atoms with Crippen LogP contribution in [0.5, 0.6) is 5.75 Å². The predicted molar refractivity (Wildman–Crippen MR) is 137 cm³/mol. The first-order chi connectivity index (χ1) is 17.3. The van der Waals surface area contributed by atoms with Gasteiger partial charge in [0.2, 0.25) is 12.4 Å². The van der Waals surface area contributed by atoms with Gasteiger partial charge in [-0.15, -0.1) is 0 Å². The lowest BCUT2D eigenvalue weighted by Crippen LogP contribution is -2.47. The molecule has 1 aliphatic rings. The number of carbonyl (C=O) groups is 3. The number of urea groups is 1. The Labute approximate surface area is 212 Å². The number of guanidine groups is 1. The number of rotatable bonds is 10. The molecular formula is C27H34N4O5. The zero-order valence-corrected chi connectivity index (χ0v) is 21.3. The second-order valence-electron chi connectivity index (χ2n) is 8.88. The maximum Gasteiger partial charge on any atom is 0.323 e. The van der Waals surface area contributed by atoms with E-state index in [1.54, 1.807) is 38.2 Å². The van der Waals surface area contributed by atoms with Crippen LogP contribution >= 0.6 is 0 Å². The van der Waals surface area contributed by atoms with Crippen LogP contribution in [0.1, 0.15) is 37.8 Å². The number of esters is 1. The number of ether oxygens (including phenoxy) is 2. The van der Waals surface area contributed by atoms with E-state index in [1.807, 2.05) is 38.1 Å². The van der Waals surface area contributed by atoms with Crippen molar-refractivity contribution in [2.75, 3.05) is 26.8 Å². The third kappa shape index (κ3) is 7.07. The van der Waals surface area contributed by atoms with Crippen molar-refractivity contribution in [3.05, 3.63) is 59.7 Å². The van der Waals surface area contributed by atoms with E-state index in [1.165, 1.54) is 9.80 Å². The SMILES string of the molecule is CCOC(=O)C1(COc2ccc(N=C(NC(=O)N(C)CC)N(C=O)Cc3ccc(C)cc3)cc2)CC1. The van der Waals surface area contributed by atoms with Crippen molar-refractivity contribution < 1.29 is 23.9 Å². The molecule has 0 aliphatic heterocycles. The molecule has 1 aliphatic carbocycles. The van der Waals surface area contributed by atoms with Gasteiger partial charge in [0.25, 0.3) is 0 Å². The zero-order valence-electron chi connectivity index (χ0n) is 21.3. The molecule has 2 aromatic carbocycles. The number of carbonyl (C=O) groups excluding carboxylic acids is 3. The normalized spacial score (nSPS) is 13.9. The summed E-state index contributed by atoms with van der Waals surface area (Å²) in [5.41, 5.74) is 1.99. The maximum absolute atomic E-state index is 12.6. The Bertz CT molecular complexity index is 1080. The highest BCUT2D eigenvalue weighted by Crippen LogP contribution is 2.47. The van der Waals surface area contributed by atoms with E-state index < -0.39 is 5.41 Å². The van der Waals surface area contributed by atoms with Crippen LogP contribution in [0.25, 0.3) is 0 Å². The molecule has 0 spiro atoms. The fraction of sp³-hybridized carbons (Fsp3) is 0.407. The minimum atomic E-state index is -0.546. The lowest BCUT2D eigenvalue weighted by Gasteiger charge is -2.23. The number of benzene rings is 2. The highest BCUT2D eigenvalue weighted by Gasteiger charge is 2.52. The number of hydrogen-bond acceptors (Lipinski definition) is 6. The Morgan fingerprint density at radius 2 is 1.75 bits per heavy atom. The van der Waals surface area contributed by atoms with E-state index >= 15 is 0 Å². The molecule has 2 aromatic rings. The van der Waals surface area contributed by atoms with Crippen LogP contribution in [0.15, 0.2) is 53.5 Å². The van der Waals surface area contributed by atoms with Crippen LogP contribution < -0.4 is 10.1 Å². The summed E-state index contributed by atoms with van der Waals surface area (Å²) in [6, 6.07) is 14.3. The summed E-state index contributed by atoms with van der Waals surface area (Å²) in [5, 5.41) is 2.74. The molecule has 1 saturated carbocycles. The maximum atomic E-state index is 12.6. The molecule has 36 heavy (non-hydrogen) atoms. The molecule has 0 atom stereocenters. The highest BCUT2D eigenvalue weighted by molar-refractivity contribution is 6.01. The van der Waals surface area contributed by atoms with Gasteiger partial charge in [0.05, 0.1) is 18.8 Å². The predicted octanol–water partition coefficient (Wildman–Crippen LogP) is 4.02. The number of amides is 3. The van der Waals surface area contributed by atoms with Crippen LogP contribution in [0, 0.1) is 12.3 Å². The fourth-order valence-electron chi connectivity index (χ4n) is 3.35. The average molecular weight is 495 g/mol. The van der Waals surface area contributed by atoms with Crippen molar-refractivity contribution in [3.8, 4) is 5.75 Å². The van der Waals surface area contributed by atoms with Crippen LogP contribution in [-0.4, -0.2) is 61.0 Å². The summed E-state index contributed by atoms with van der Waals surface area (Å²) in [6.45, 7) is 6.98. The third-order valence-electron chi connectivity index (χ3n) is 6.06. The van der Waals surface area contributed by atoms with E-state index in [9.17, 15) is 14.4 Å². The van der Waals surface area contributed by atoms with Gasteiger partial charge in [-0.2, -0.15) is 0 Å². The van der Waals surface area contributed by atoms with Crippen molar-refractivity contribution >= 4 is 30.1 Å². The Hall–Kier alpha value is -3.88. The Kier molecular flexibility index (Phi) is 9.05. The number of hydrogen-bond donors (Lipinski definition) is 1. The molecule has 0 unspecified atom stereocenters. The van der Waals surface area contributed by atoms with E-state index in [0.717, 1.165) is 24.0 Å². The number of nitrogens with zero attached hydrogens (tertiary/aromatic N) is 3. The van der Waals surface area contributed by atoms with Crippen LogP contribution in [0.4, 0.5) is 10.5 Å². The molecule has 1 N–H and O–H groups in total. The molecule has 0 heterocycles. The van der Waals surface area contributed by atoms with E-state index in [2.05, 4.69) is 10.3 Å². The molecule has 192 valence electrons. The van der Waals surface area contributed by atoms with Gasteiger partial charge >= 0.3 is 12.0 Å². The molecule has 1 fully saturated rings. The topological polar surface area (TPSA) is 101 Å². The van der Waals surface area contributed by atoms with Crippen molar-refractivity contribution in [2.45, 2.75) is 40.2 Å². The van der Waals surface area contributed by atoms with Gasteiger partial charge in [-0.25, -0.2) is 9.79 Å². The van der Waals surface area contributed by atoms with Crippen LogP contribution in [-0.2, 0) is 20.9 Å². The second kappa shape index (κ2) is 12.2. The van der Waals surface area contributed by atoms with Gasteiger partial charge in [-0.1, -0.05) is 29.8 Å². The first-order valence-corrected chi connectivity index (χ1v) is 12.1. The lowest BCUT2D eigenvalue weighted by atomic mass is 10.1. The summed E-state index contributed by atoms with van der Waals surface area (Å²) < 4.78 is 11.0. The summed E-state index contributed by atoms with van der Waals surface area (Å²) in [4.78, 5) is 44.1. The quantitative estimate of drug-likeness (QED) is 0.233. The monoisotopic (exact) mass is 494 g/mol. The first kappa shape index (κ1) is 26.7. The molecule has 3 rings (SSSR count). The first-order valence-electron chi connectivity index (χ1n) is 12.1. The molecule has 0 radical (unpaired) electrons. The van der Waals surface area contributed by atoms with Gasteiger partial charge in [0, 0.05) is 13.6 Å².